The van der Waals surface area contributed by atoms with Crippen LogP contribution in [0.5, 0.6) is 0 Å². The van der Waals surface area contributed by atoms with E-state index in [0.717, 1.165) is 17.7 Å². The van der Waals surface area contributed by atoms with Gasteiger partial charge >= 0.3 is 0 Å². The van der Waals surface area contributed by atoms with Crippen LogP contribution in [-0.4, -0.2) is 21.4 Å². The molecule has 2 heterocycles. The van der Waals surface area contributed by atoms with Gasteiger partial charge in [-0.25, -0.2) is 4.39 Å². The van der Waals surface area contributed by atoms with Crippen molar-refractivity contribution in [3.05, 3.63) is 46.6 Å². The summed E-state index contributed by atoms with van der Waals surface area (Å²) >= 11 is 2.92. The predicted molar refractivity (Wildman–Crippen MR) is 109 cm³/mol. The molecule has 0 radical (unpaired) electrons. The van der Waals surface area contributed by atoms with Gasteiger partial charge in [0, 0.05) is 10.6 Å². The number of nitrogens with one attached hydrogen (secondary N) is 1. The number of amides is 1. The van der Waals surface area contributed by atoms with E-state index in [-0.39, 0.29) is 11.7 Å². The van der Waals surface area contributed by atoms with Crippen molar-refractivity contribution in [2.75, 3.05) is 5.32 Å². The van der Waals surface area contributed by atoms with Crippen molar-refractivity contribution in [2.24, 2.45) is 5.92 Å². The highest BCUT2D eigenvalue weighted by Gasteiger charge is 2.22. The number of nitrogens with zero attached hydrogens (tertiary/aromatic N) is 2. The van der Waals surface area contributed by atoms with E-state index in [1.807, 2.05) is 0 Å². The summed E-state index contributed by atoms with van der Waals surface area (Å²) in [5.41, 5.74) is 1.93. The number of hydrogen-bond donors (Lipinski definition) is 1. The van der Waals surface area contributed by atoms with E-state index in [0.29, 0.717) is 22.7 Å². The topological polar surface area (TPSA) is 68.0 Å². The number of rotatable bonds is 5. The molecular formula is C20H20FN3O2S2. The van der Waals surface area contributed by atoms with Crippen molar-refractivity contribution >= 4 is 34.7 Å². The zero-order chi connectivity index (χ0) is 19.7. The van der Waals surface area contributed by atoms with Crippen LogP contribution < -0.4 is 5.32 Å². The van der Waals surface area contributed by atoms with E-state index in [1.54, 1.807) is 18.3 Å². The van der Waals surface area contributed by atoms with Crippen molar-refractivity contribution in [3.63, 3.8) is 0 Å². The summed E-state index contributed by atoms with van der Waals surface area (Å²) in [6.07, 6.45) is 3.43. The fourth-order valence-corrected chi connectivity index (χ4v) is 4.96. The minimum atomic E-state index is -0.434. The van der Waals surface area contributed by atoms with Gasteiger partial charge in [0.15, 0.2) is 0 Å². The smallest absolute Gasteiger partial charge is 0.277 e. The second kappa shape index (κ2) is 8.05. The minimum absolute atomic E-state index is 0.211. The van der Waals surface area contributed by atoms with Crippen LogP contribution in [0.4, 0.5) is 10.1 Å². The Morgan fingerprint density at radius 1 is 1.36 bits per heavy atom. The molecule has 0 saturated heterocycles. The molecule has 28 heavy (non-hydrogen) atoms. The van der Waals surface area contributed by atoms with Crippen LogP contribution in [0.1, 0.15) is 30.7 Å². The molecule has 0 fully saturated rings. The van der Waals surface area contributed by atoms with Crippen LogP contribution in [0.3, 0.4) is 0 Å². The third-order valence-electron chi connectivity index (χ3n) is 4.71. The first-order valence-electron chi connectivity index (χ1n) is 9.16. The molecule has 1 aromatic carbocycles. The van der Waals surface area contributed by atoms with Gasteiger partial charge in [0.05, 0.1) is 10.1 Å². The molecule has 1 aliphatic rings. The largest absolute Gasteiger partial charge is 0.410 e. The maximum atomic E-state index is 13.0. The lowest BCUT2D eigenvalue weighted by Gasteiger charge is -2.16. The number of anilines is 1. The van der Waals surface area contributed by atoms with Gasteiger partial charge in [-0.05, 0) is 68.0 Å². The number of thiophene rings is 1. The van der Waals surface area contributed by atoms with E-state index in [2.05, 4.69) is 28.5 Å². The highest BCUT2D eigenvalue weighted by molar-refractivity contribution is 8.00. The number of aryl methyl sites for hydroxylation is 1. The van der Waals surface area contributed by atoms with Gasteiger partial charge in [0.1, 0.15) is 5.82 Å². The van der Waals surface area contributed by atoms with Gasteiger partial charge < -0.3 is 9.73 Å². The molecular weight excluding hydrogens is 397 g/mol. The average molecular weight is 418 g/mol. The van der Waals surface area contributed by atoms with Crippen LogP contribution in [0.25, 0.3) is 10.8 Å². The number of thioether (sulfide) groups is 1. The summed E-state index contributed by atoms with van der Waals surface area (Å²) < 4.78 is 18.7. The van der Waals surface area contributed by atoms with Crippen LogP contribution >= 0.6 is 23.1 Å². The highest BCUT2D eigenvalue weighted by Crippen LogP contribution is 2.37. The van der Waals surface area contributed by atoms with Crippen molar-refractivity contribution in [2.45, 2.75) is 43.6 Å². The zero-order valence-electron chi connectivity index (χ0n) is 15.6. The Bertz CT molecular complexity index is 984. The fourth-order valence-electron chi connectivity index (χ4n) is 3.15. The molecule has 0 bridgehead atoms. The fraction of sp³-hybridized carbons (Fsp3) is 0.350. The molecule has 146 valence electrons. The molecule has 2 aromatic heterocycles. The van der Waals surface area contributed by atoms with E-state index in [9.17, 15) is 9.18 Å². The molecule has 4 rings (SSSR count). The molecule has 5 nitrogen and oxygen atoms in total. The molecule has 1 aliphatic carbocycles. The van der Waals surface area contributed by atoms with Crippen molar-refractivity contribution in [3.8, 4) is 10.8 Å². The number of fused-ring (bicyclic) bond motifs is 1. The van der Waals surface area contributed by atoms with Gasteiger partial charge in [0.25, 0.3) is 11.1 Å². The Morgan fingerprint density at radius 3 is 2.93 bits per heavy atom. The van der Waals surface area contributed by atoms with Gasteiger partial charge in [0.2, 0.25) is 5.91 Å². The average Bonchev–Trinajstić information content (AvgIpc) is 3.29. The van der Waals surface area contributed by atoms with E-state index in [4.69, 9.17) is 4.42 Å². The number of benzene rings is 1. The summed E-state index contributed by atoms with van der Waals surface area (Å²) in [7, 11) is 0. The number of halogens is 1. The molecule has 8 heteroatoms. The lowest BCUT2D eigenvalue weighted by atomic mass is 9.90. The Balaban J connectivity index is 1.40. The summed E-state index contributed by atoms with van der Waals surface area (Å²) in [4.78, 5) is 14.7. The normalized spacial score (nSPS) is 17.2. The molecule has 0 aliphatic heterocycles. The van der Waals surface area contributed by atoms with Gasteiger partial charge in [-0.3, -0.25) is 4.79 Å². The maximum Gasteiger partial charge on any atom is 0.277 e. The summed E-state index contributed by atoms with van der Waals surface area (Å²) in [6.45, 7) is 4.04. The van der Waals surface area contributed by atoms with E-state index < -0.39 is 5.25 Å². The first-order chi connectivity index (χ1) is 13.5. The second-order valence-electron chi connectivity index (χ2n) is 7.04. The summed E-state index contributed by atoms with van der Waals surface area (Å²) in [5, 5.41) is 10.9. The van der Waals surface area contributed by atoms with Crippen LogP contribution in [0.15, 0.2) is 40.0 Å². The highest BCUT2D eigenvalue weighted by atomic mass is 32.2. The SMILES string of the molecule is C[C@@H]1CCc2sc(-c3nnc(S[C@@H](C)C(=O)Nc4ccc(F)cc4)o3)cc2C1. The minimum Gasteiger partial charge on any atom is -0.410 e. The van der Waals surface area contributed by atoms with Crippen molar-refractivity contribution < 1.29 is 13.6 Å². The van der Waals surface area contributed by atoms with Gasteiger partial charge in [-0.1, -0.05) is 18.7 Å². The Labute approximate surface area is 170 Å². The molecule has 1 amide bonds. The molecule has 0 unspecified atom stereocenters. The Kier molecular flexibility index (Phi) is 5.50. The quantitative estimate of drug-likeness (QED) is 0.579. The second-order valence-corrected chi connectivity index (χ2v) is 9.47. The third kappa shape index (κ3) is 4.28. The van der Waals surface area contributed by atoms with Crippen LogP contribution in [-0.2, 0) is 17.6 Å². The predicted octanol–water partition coefficient (Wildman–Crippen LogP) is 5.18. The maximum absolute atomic E-state index is 13.0. The molecule has 3 aromatic rings. The van der Waals surface area contributed by atoms with Crippen LogP contribution in [0, 0.1) is 11.7 Å². The van der Waals surface area contributed by atoms with Crippen molar-refractivity contribution in [1.82, 2.24) is 10.2 Å². The lowest BCUT2D eigenvalue weighted by molar-refractivity contribution is -0.115. The molecule has 0 spiro atoms. The first kappa shape index (κ1) is 19.1. The first-order valence-corrected chi connectivity index (χ1v) is 10.9. The molecule has 0 saturated carbocycles. The molecule has 2 atom stereocenters. The Morgan fingerprint density at radius 2 is 2.14 bits per heavy atom. The summed E-state index contributed by atoms with van der Waals surface area (Å²) in [6, 6.07) is 7.81. The van der Waals surface area contributed by atoms with Crippen LogP contribution in [0.2, 0.25) is 0 Å². The lowest BCUT2D eigenvalue weighted by Crippen LogP contribution is -2.22. The standard InChI is InChI=1S/C20H20FN3O2S2/c1-11-3-8-16-13(9-11)10-17(28-16)19-23-24-20(26-19)27-12(2)18(25)22-15-6-4-14(21)5-7-15/h4-7,10-12H,3,8-9H2,1-2H3,(H,22,25)/t11-,12+/m1/s1. The van der Waals surface area contributed by atoms with E-state index in [1.165, 1.54) is 52.9 Å². The number of carbonyl (C=O) groups is 1. The monoisotopic (exact) mass is 417 g/mol. The third-order valence-corrected chi connectivity index (χ3v) is 6.86. The Hall–Kier alpha value is -2.19. The summed E-state index contributed by atoms with van der Waals surface area (Å²) in [5.74, 6) is 0.658. The van der Waals surface area contributed by atoms with E-state index >= 15 is 0 Å². The van der Waals surface area contributed by atoms with Gasteiger partial charge in [-0.15, -0.1) is 21.5 Å². The number of hydrogen-bond acceptors (Lipinski definition) is 6. The van der Waals surface area contributed by atoms with Gasteiger partial charge in [-0.2, -0.15) is 0 Å². The molecule has 1 N–H and O–H groups in total. The number of carbonyl (C=O) groups excluding carboxylic acids is 1. The number of aromatic nitrogens is 2. The van der Waals surface area contributed by atoms with Crippen molar-refractivity contribution in [1.29, 1.82) is 0 Å². The zero-order valence-corrected chi connectivity index (χ0v) is 17.2.